The first-order valence-electron chi connectivity index (χ1n) is 4.57. The molecule has 1 rings (SSSR count). The van der Waals surface area contributed by atoms with E-state index in [1.165, 1.54) is 31.4 Å². The van der Waals surface area contributed by atoms with E-state index in [1.807, 2.05) is 0 Å². The molecule has 0 aliphatic heterocycles. The van der Waals surface area contributed by atoms with Gasteiger partial charge in [0.05, 0.1) is 12.9 Å². The summed E-state index contributed by atoms with van der Waals surface area (Å²) in [6.07, 6.45) is 2.85. The Kier molecular flexibility index (Phi) is 3.77. The summed E-state index contributed by atoms with van der Waals surface area (Å²) in [5.41, 5.74) is 16.6. The van der Waals surface area contributed by atoms with Crippen molar-refractivity contribution in [2.45, 2.75) is 0 Å². The van der Waals surface area contributed by atoms with Gasteiger partial charge in [-0.05, 0) is 24.3 Å². The van der Waals surface area contributed by atoms with Crippen LogP contribution in [0.15, 0.2) is 36.2 Å². The molecule has 0 unspecified atom stereocenters. The fraction of sp³-hybridized carbons (Fsp3) is 0.0909. The van der Waals surface area contributed by atoms with Crippen molar-refractivity contribution in [3.63, 3.8) is 0 Å². The predicted molar refractivity (Wildman–Crippen MR) is 61.6 cm³/mol. The lowest BCUT2D eigenvalue weighted by atomic mass is 10.1. The van der Waals surface area contributed by atoms with Crippen LogP contribution in [-0.4, -0.2) is 7.11 Å². The van der Waals surface area contributed by atoms with Gasteiger partial charge in [-0.1, -0.05) is 0 Å². The lowest BCUT2D eigenvalue weighted by molar-refractivity contribution is 0.411. The quantitative estimate of drug-likeness (QED) is 0.664. The molecule has 0 aliphatic carbocycles. The number of halogens is 1. The van der Waals surface area contributed by atoms with Crippen molar-refractivity contribution in [3.05, 3.63) is 47.6 Å². The maximum atomic E-state index is 13.5. The molecular weight excluding hydrogens is 209 g/mol. The van der Waals surface area contributed by atoms with Gasteiger partial charge >= 0.3 is 0 Å². The highest BCUT2D eigenvalue weighted by molar-refractivity contribution is 5.65. The van der Waals surface area contributed by atoms with Crippen LogP contribution < -0.4 is 21.9 Å². The highest BCUT2D eigenvalue weighted by Gasteiger charge is 2.05. The molecule has 4 nitrogen and oxygen atoms in total. The van der Waals surface area contributed by atoms with E-state index in [4.69, 9.17) is 21.9 Å². The van der Waals surface area contributed by atoms with E-state index in [0.29, 0.717) is 5.75 Å². The normalized spacial score (nSPS) is 11.0. The summed E-state index contributed by atoms with van der Waals surface area (Å²) < 4.78 is 18.4. The molecule has 1 aromatic rings. The molecular formula is C11H14FN3O. The van der Waals surface area contributed by atoms with E-state index in [0.717, 1.165) is 0 Å². The molecule has 0 saturated heterocycles. The number of hydrogen-bond acceptors (Lipinski definition) is 4. The van der Waals surface area contributed by atoms with Gasteiger partial charge in [0, 0.05) is 17.3 Å². The van der Waals surface area contributed by atoms with Crippen LogP contribution in [0.25, 0.3) is 5.70 Å². The zero-order valence-electron chi connectivity index (χ0n) is 8.91. The minimum absolute atomic E-state index is 0.108. The topological polar surface area (TPSA) is 87.3 Å². The number of rotatable bonds is 3. The fourth-order valence-corrected chi connectivity index (χ4v) is 1.13. The molecule has 0 spiro atoms. The molecule has 1 aromatic carbocycles. The van der Waals surface area contributed by atoms with E-state index in [1.54, 1.807) is 6.07 Å². The maximum absolute atomic E-state index is 13.5. The molecule has 6 N–H and O–H groups in total. The largest absolute Gasteiger partial charge is 0.497 e. The number of ether oxygens (including phenoxy) is 1. The van der Waals surface area contributed by atoms with Gasteiger partial charge in [-0.3, -0.25) is 0 Å². The van der Waals surface area contributed by atoms with Crippen molar-refractivity contribution in [2.24, 2.45) is 17.2 Å². The van der Waals surface area contributed by atoms with E-state index < -0.39 is 5.82 Å². The molecule has 0 heterocycles. The third-order valence-electron chi connectivity index (χ3n) is 1.94. The monoisotopic (exact) mass is 223 g/mol. The van der Waals surface area contributed by atoms with Crippen LogP contribution in [0.3, 0.4) is 0 Å². The number of allylic oxidation sites excluding steroid dienone is 2. The average molecular weight is 223 g/mol. The molecule has 0 atom stereocenters. The fourth-order valence-electron chi connectivity index (χ4n) is 1.13. The van der Waals surface area contributed by atoms with Crippen LogP contribution in [0.1, 0.15) is 5.56 Å². The van der Waals surface area contributed by atoms with Crippen molar-refractivity contribution in [1.29, 1.82) is 0 Å². The summed E-state index contributed by atoms with van der Waals surface area (Å²) in [6, 6.07) is 4.40. The molecule has 0 amide bonds. The van der Waals surface area contributed by atoms with Gasteiger partial charge in [-0.25, -0.2) is 4.39 Å². The lowest BCUT2D eigenvalue weighted by Gasteiger charge is -2.05. The Balaban J connectivity index is 3.05. The second kappa shape index (κ2) is 5.06. The first kappa shape index (κ1) is 11.9. The van der Waals surface area contributed by atoms with E-state index in [2.05, 4.69) is 0 Å². The Hall–Kier alpha value is -2.17. The van der Waals surface area contributed by atoms with E-state index >= 15 is 0 Å². The molecule has 0 fully saturated rings. The van der Waals surface area contributed by atoms with E-state index in [9.17, 15) is 4.39 Å². The van der Waals surface area contributed by atoms with Gasteiger partial charge in [-0.2, -0.15) is 0 Å². The summed E-state index contributed by atoms with van der Waals surface area (Å²) in [6.45, 7) is 0. The van der Waals surface area contributed by atoms with Gasteiger partial charge in [-0.15, -0.1) is 0 Å². The Bertz CT molecular complexity index is 437. The van der Waals surface area contributed by atoms with Gasteiger partial charge in [0.2, 0.25) is 0 Å². The Morgan fingerprint density at radius 3 is 2.44 bits per heavy atom. The molecule has 16 heavy (non-hydrogen) atoms. The molecule has 0 saturated carbocycles. The first-order chi connectivity index (χ1) is 7.54. The lowest BCUT2D eigenvalue weighted by Crippen LogP contribution is -2.07. The first-order valence-corrected chi connectivity index (χ1v) is 4.57. The Morgan fingerprint density at radius 2 is 1.94 bits per heavy atom. The summed E-state index contributed by atoms with van der Waals surface area (Å²) in [4.78, 5) is 0. The number of hydrogen-bond donors (Lipinski definition) is 3. The van der Waals surface area contributed by atoms with Crippen LogP contribution in [0.5, 0.6) is 5.75 Å². The van der Waals surface area contributed by atoms with Gasteiger partial charge in [0.15, 0.2) is 0 Å². The standard InChI is InChI=1S/C11H14FN3O/c1-16-7-2-3-8(9(12)6-7)10(13)4-5-11(14)15/h2-6H,13-15H2,1H3/b10-4-. The number of benzene rings is 1. The highest BCUT2D eigenvalue weighted by atomic mass is 19.1. The van der Waals surface area contributed by atoms with Crippen LogP contribution in [-0.2, 0) is 0 Å². The summed E-state index contributed by atoms with van der Waals surface area (Å²) in [5, 5.41) is 0. The van der Waals surface area contributed by atoms with Crippen molar-refractivity contribution < 1.29 is 9.13 Å². The molecule has 0 aromatic heterocycles. The molecule has 5 heteroatoms. The van der Waals surface area contributed by atoms with Gasteiger partial charge in [0.25, 0.3) is 0 Å². The van der Waals surface area contributed by atoms with Crippen LogP contribution in [0, 0.1) is 5.82 Å². The van der Waals surface area contributed by atoms with Gasteiger partial charge < -0.3 is 21.9 Å². The Morgan fingerprint density at radius 1 is 1.25 bits per heavy atom. The maximum Gasteiger partial charge on any atom is 0.136 e. The Labute approximate surface area is 93.2 Å². The van der Waals surface area contributed by atoms with Crippen molar-refractivity contribution in [3.8, 4) is 5.75 Å². The smallest absolute Gasteiger partial charge is 0.136 e. The minimum atomic E-state index is -0.461. The second-order valence-electron chi connectivity index (χ2n) is 3.13. The number of methoxy groups -OCH3 is 1. The van der Waals surface area contributed by atoms with E-state index in [-0.39, 0.29) is 17.1 Å². The molecule has 0 bridgehead atoms. The minimum Gasteiger partial charge on any atom is -0.497 e. The molecule has 0 aliphatic rings. The zero-order chi connectivity index (χ0) is 12.1. The summed E-state index contributed by atoms with van der Waals surface area (Å²) >= 11 is 0. The van der Waals surface area contributed by atoms with Crippen LogP contribution >= 0.6 is 0 Å². The SMILES string of the molecule is COc1ccc(/C(N)=C/C=C(N)N)c(F)c1. The van der Waals surface area contributed by atoms with Gasteiger partial charge in [0.1, 0.15) is 11.6 Å². The number of nitrogens with two attached hydrogens (primary N) is 3. The molecule has 0 radical (unpaired) electrons. The second-order valence-corrected chi connectivity index (χ2v) is 3.13. The average Bonchev–Trinajstić information content (AvgIpc) is 2.25. The summed E-state index contributed by atoms with van der Waals surface area (Å²) in [7, 11) is 1.46. The third-order valence-corrected chi connectivity index (χ3v) is 1.94. The van der Waals surface area contributed by atoms with Crippen molar-refractivity contribution >= 4 is 5.70 Å². The predicted octanol–water partition coefficient (Wildman–Crippen LogP) is 0.893. The highest BCUT2D eigenvalue weighted by Crippen LogP contribution is 2.19. The van der Waals surface area contributed by atoms with Crippen LogP contribution in [0.4, 0.5) is 4.39 Å². The third kappa shape index (κ3) is 2.91. The van der Waals surface area contributed by atoms with Crippen molar-refractivity contribution in [2.75, 3.05) is 7.11 Å². The van der Waals surface area contributed by atoms with Crippen molar-refractivity contribution in [1.82, 2.24) is 0 Å². The van der Waals surface area contributed by atoms with Crippen LogP contribution in [0.2, 0.25) is 0 Å². The summed E-state index contributed by atoms with van der Waals surface area (Å²) in [5.74, 6) is 0.0805. The molecule has 86 valence electrons. The zero-order valence-corrected chi connectivity index (χ0v) is 8.91.